The topological polar surface area (TPSA) is 51.8 Å². The van der Waals surface area contributed by atoms with Gasteiger partial charge in [0.1, 0.15) is 11.2 Å². The van der Waals surface area contributed by atoms with Gasteiger partial charge in [-0.3, -0.25) is 0 Å². The van der Waals surface area contributed by atoms with Crippen LogP contribution in [0.15, 0.2) is 192 Å². The van der Waals surface area contributed by atoms with Crippen molar-refractivity contribution in [3.8, 4) is 67.5 Å². The van der Waals surface area contributed by atoms with Crippen LogP contribution in [0.3, 0.4) is 0 Å². The van der Waals surface area contributed by atoms with Crippen LogP contribution >= 0.6 is 0 Å². The van der Waals surface area contributed by atoms with Crippen LogP contribution in [0.25, 0.3) is 100 Å². The van der Waals surface area contributed by atoms with E-state index in [1.165, 1.54) is 10.9 Å². The van der Waals surface area contributed by atoms with Crippen molar-refractivity contribution in [1.82, 2.24) is 15.0 Å². The number of fused-ring (bicyclic) bond motifs is 5. The average Bonchev–Trinajstić information content (AvgIpc) is 3.63. The first-order valence-corrected chi connectivity index (χ1v) is 17.8. The molecule has 0 unspecified atom stereocenters. The standard InChI is InChI=1S/C49H31N3O/c1-3-11-32(12-4-1)33-21-23-36(24-22-33)48-50-47(35-14-5-2-6-15-35)51-49(52-48)41-19-10-18-39(30-41)37-16-9-17-38(29-37)40-26-28-45-44(31-40)43-27-25-34-13-7-8-20-42(34)46(43)53-45/h1-31H. The maximum absolute atomic E-state index is 6.39. The van der Waals surface area contributed by atoms with Crippen LogP contribution in [0, 0.1) is 0 Å². The van der Waals surface area contributed by atoms with Gasteiger partial charge in [0.05, 0.1) is 0 Å². The molecular weight excluding hydrogens is 647 g/mol. The molecule has 0 saturated carbocycles. The smallest absolute Gasteiger partial charge is 0.164 e. The van der Waals surface area contributed by atoms with Gasteiger partial charge in [0, 0.05) is 32.8 Å². The molecular formula is C49H31N3O. The number of furan rings is 1. The molecule has 0 N–H and O–H groups in total. The monoisotopic (exact) mass is 677 g/mol. The number of nitrogens with zero attached hydrogens (tertiary/aromatic N) is 3. The van der Waals surface area contributed by atoms with Gasteiger partial charge in [0.2, 0.25) is 0 Å². The van der Waals surface area contributed by atoms with Crippen molar-refractivity contribution < 1.29 is 4.42 Å². The minimum atomic E-state index is 0.629. The van der Waals surface area contributed by atoms with Crippen LogP contribution in [0.5, 0.6) is 0 Å². The summed E-state index contributed by atoms with van der Waals surface area (Å²) in [6.45, 7) is 0. The predicted molar refractivity (Wildman–Crippen MR) is 217 cm³/mol. The van der Waals surface area contributed by atoms with Crippen LogP contribution < -0.4 is 0 Å². The van der Waals surface area contributed by atoms with Gasteiger partial charge in [0.15, 0.2) is 17.5 Å². The fourth-order valence-corrected chi connectivity index (χ4v) is 7.19. The lowest BCUT2D eigenvalue weighted by molar-refractivity contribution is 0.672. The SMILES string of the molecule is c1ccc(-c2ccc(-c3nc(-c4ccccc4)nc(-c4cccc(-c5cccc(-c6ccc7oc8c9ccccc9ccc8c7c6)c5)c4)n3)cc2)cc1. The van der Waals surface area contributed by atoms with Gasteiger partial charge in [-0.15, -0.1) is 0 Å². The van der Waals surface area contributed by atoms with E-state index in [9.17, 15) is 0 Å². The second kappa shape index (κ2) is 12.9. The molecule has 0 aliphatic rings. The molecule has 10 aromatic rings. The molecule has 4 nitrogen and oxygen atoms in total. The molecule has 0 radical (unpaired) electrons. The second-order valence-electron chi connectivity index (χ2n) is 13.3. The fourth-order valence-electron chi connectivity index (χ4n) is 7.19. The van der Waals surface area contributed by atoms with Crippen molar-refractivity contribution in [2.75, 3.05) is 0 Å². The van der Waals surface area contributed by atoms with Crippen LogP contribution in [0.1, 0.15) is 0 Å². The third kappa shape index (κ3) is 5.73. The summed E-state index contributed by atoms with van der Waals surface area (Å²) < 4.78 is 6.39. The van der Waals surface area contributed by atoms with Crippen LogP contribution in [0.2, 0.25) is 0 Å². The summed E-state index contributed by atoms with van der Waals surface area (Å²) in [7, 11) is 0. The van der Waals surface area contributed by atoms with Crippen molar-refractivity contribution >= 4 is 32.7 Å². The molecule has 0 saturated heterocycles. The summed E-state index contributed by atoms with van der Waals surface area (Å²) in [6, 6.07) is 65.3. The van der Waals surface area contributed by atoms with Crippen LogP contribution in [-0.4, -0.2) is 15.0 Å². The van der Waals surface area contributed by atoms with Crippen molar-refractivity contribution in [3.63, 3.8) is 0 Å². The van der Waals surface area contributed by atoms with Crippen molar-refractivity contribution in [3.05, 3.63) is 188 Å². The fraction of sp³-hybridized carbons (Fsp3) is 0. The first-order valence-electron chi connectivity index (χ1n) is 17.8. The molecule has 0 fully saturated rings. The molecule has 10 rings (SSSR count). The van der Waals surface area contributed by atoms with E-state index < -0.39 is 0 Å². The first-order chi connectivity index (χ1) is 26.2. The van der Waals surface area contributed by atoms with Crippen molar-refractivity contribution in [2.45, 2.75) is 0 Å². The highest BCUT2D eigenvalue weighted by molar-refractivity contribution is 6.15. The van der Waals surface area contributed by atoms with Crippen LogP contribution in [0.4, 0.5) is 0 Å². The van der Waals surface area contributed by atoms with Gasteiger partial charge in [-0.25, -0.2) is 15.0 Å². The van der Waals surface area contributed by atoms with E-state index in [0.717, 1.165) is 71.8 Å². The highest BCUT2D eigenvalue weighted by Crippen LogP contribution is 2.37. The van der Waals surface area contributed by atoms with E-state index in [1.807, 2.05) is 36.4 Å². The zero-order valence-electron chi connectivity index (χ0n) is 28.6. The lowest BCUT2D eigenvalue weighted by Gasteiger charge is -2.11. The summed E-state index contributed by atoms with van der Waals surface area (Å²) in [5, 5.41) is 4.55. The average molecular weight is 678 g/mol. The Hall–Kier alpha value is -7.17. The first kappa shape index (κ1) is 30.6. The zero-order chi connectivity index (χ0) is 35.1. The Labute approximate surface area is 306 Å². The summed E-state index contributed by atoms with van der Waals surface area (Å²) in [4.78, 5) is 15.0. The molecule has 0 bridgehead atoms. The molecule has 0 atom stereocenters. The van der Waals surface area contributed by atoms with Gasteiger partial charge in [-0.1, -0.05) is 158 Å². The third-order valence-corrected chi connectivity index (χ3v) is 9.93. The van der Waals surface area contributed by atoms with Crippen LogP contribution in [-0.2, 0) is 0 Å². The van der Waals surface area contributed by atoms with E-state index in [2.05, 4.69) is 152 Å². The normalized spacial score (nSPS) is 11.4. The van der Waals surface area contributed by atoms with Gasteiger partial charge < -0.3 is 4.42 Å². The predicted octanol–water partition coefficient (Wildman–Crippen LogP) is 12.9. The Bertz CT molecular complexity index is 2930. The molecule has 8 aromatic carbocycles. The molecule has 0 aliphatic carbocycles. The highest BCUT2D eigenvalue weighted by Gasteiger charge is 2.15. The lowest BCUT2D eigenvalue weighted by Crippen LogP contribution is -2.00. The van der Waals surface area contributed by atoms with Crippen molar-refractivity contribution in [1.29, 1.82) is 0 Å². The minimum Gasteiger partial charge on any atom is -0.455 e. The number of hydrogen-bond donors (Lipinski definition) is 0. The highest BCUT2D eigenvalue weighted by atomic mass is 16.3. The Balaban J connectivity index is 1.02. The number of benzene rings is 8. The minimum absolute atomic E-state index is 0.629. The Morgan fingerprint density at radius 3 is 1.45 bits per heavy atom. The quantitative estimate of drug-likeness (QED) is 0.176. The molecule has 4 heteroatoms. The van der Waals surface area contributed by atoms with Gasteiger partial charge in [-0.2, -0.15) is 0 Å². The third-order valence-electron chi connectivity index (χ3n) is 9.93. The molecule has 53 heavy (non-hydrogen) atoms. The van der Waals surface area contributed by atoms with Gasteiger partial charge in [0.25, 0.3) is 0 Å². The summed E-state index contributed by atoms with van der Waals surface area (Å²) in [5.74, 6) is 1.90. The zero-order valence-corrected chi connectivity index (χ0v) is 28.6. The summed E-state index contributed by atoms with van der Waals surface area (Å²) in [5.41, 5.74) is 11.4. The maximum atomic E-state index is 6.39. The Morgan fingerprint density at radius 2 is 0.755 bits per heavy atom. The maximum Gasteiger partial charge on any atom is 0.164 e. The van der Waals surface area contributed by atoms with E-state index in [4.69, 9.17) is 19.4 Å². The molecule has 0 aliphatic heterocycles. The largest absolute Gasteiger partial charge is 0.455 e. The van der Waals surface area contributed by atoms with Crippen molar-refractivity contribution in [2.24, 2.45) is 0 Å². The molecule has 248 valence electrons. The van der Waals surface area contributed by atoms with Gasteiger partial charge >= 0.3 is 0 Å². The Morgan fingerprint density at radius 1 is 0.283 bits per heavy atom. The van der Waals surface area contributed by atoms with E-state index in [-0.39, 0.29) is 0 Å². The number of hydrogen-bond acceptors (Lipinski definition) is 4. The second-order valence-corrected chi connectivity index (χ2v) is 13.3. The lowest BCUT2D eigenvalue weighted by atomic mass is 9.97. The van der Waals surface area contributed by atoms with Gasteiger partial charge in [-0.05, 0) is 69.1 Å². The molecule has 2 heterocycles. The summed E-state index contributed by atoms with van der Waals surface area (Å²) in [6.07, 6.45) is 0. The van der Waals surface area contributed by atoms with E-state index in [0.29, 0.717) is 17.5 Å². The van der Waals surface area contributed by atoms with E-state index in [1.54, 1.807) is 0 Å². The number of aromatic nitrogens is 3. The Kier molecular flexibility index (Phi) is 7.43. The molecule has 0 spiro atoms. The molecule has 2 aromatic heterocycles. The molecule has 0 amide bonds. The summed E-state index contributed by atoms with van der Waals surface area (Å²) >= 11 is 0. The number of rotatable bonds is 6. The van der Waals surface area contributed by atoms with E-state index >= 15 is 0 Å².